The van der Waals surface area contributed by atoms with Crippen molar-refractivity contribution in [1.29, 1.82) is 0 Å². The predicted molar refractivity (Wildman–Crippen MR) is 129 cm³/mol. The van der Waals surface area contributed by atoms with Gasteiger partial charge in [-0.1, -0.05) is 18.2 Å². The van der Waals surface area contributed by atoms with Crippen molar-refractivity contribution in [3.8, 4) is 11.3 Å². The number of hydrogen-bond donors (Lipinski definition) is 0. The number of halogens is 1. The van der Waals surface area contributed by atoms with Crippen molar-refractivity contribution in [2.24, 2.45) is 0 Å². The lowest BCUT2D eigenvalue weighted by atomic mass is 10.1. The fourth-order valence-electron chi connectivity index (χ4n) is 4.45. The van der Waals surface area contributed by atoms with Crippen LogP contribution in [-0.4, -0.2) is 51.2 Å². The summed E-state index contributed by atoms with van der Waals surface area (Å²) >= 11 is 0. The molecule has 1 saturated heterocycles. The highest BCUT2D eigenvalue weighted by atomic mass is 19.1. The predicted octanol–water partition coefficient (Wildman–Crippen LogP) is 3.35. The van der Waals surface area contributed by atoms with Crippen molar-refractivity contribution in [2.75, 3.05) is 31.1 Å². The second-order valence-corrected chi connectivity index (χ2v) is 8.57. The quantitative estimate of drug-likeness (QED) is 0.459. The standard InChI is InChI=1S/C26H26FN5O2/c1-19-4-2-3-5-23(19)29-12-14-30(15-13-29)25(33)10-11-31-16-17-32-24(26(31)34)18-22(28-32)20-6-8-21(27)9-7-20/h2-9,16-18H,10-15H2,1H3. The van der Waals surface area contributed by atoms with Gasteiger partial charge in [-0.3, -0.25) is 9.59 Å². The Morgan fingerprint density at radius 3 is 2.47 bits per heavy atom. The smallest absolute Gasteiger partial charge is 0.276 e. The molecule has 7 nitrogen and oxygen atoms in total. The van der Waals surface area contributed by atoms with Gasteiger partial charge in [0.2, 0.25) is 5.91 Å². The maximum atomic E-state index is 13.2. The van der Waals surface area contributed by atoms with Gasteiger partial charge >= 0.3 is 0 Å². The fraction of sp³-hybridized carbons (Fsp3) is 0.269. The highest BCUT2D eigenvalue weighted by Crippen LogP contribution is 2.21. The summed E-state index contributed by atoms with van der Waals surface area (Å²) in [6, 6.07) is 16.0. The highest BCUT2D eigenvalue weighted by molar-refractivity contribution is 5.76. The summed E-state index contributed by atoms with van der Waals surface area (Å²) in [7, 11) is 0. The van der Waals surface area contributed by atoms with Crippen LogP contribution in [0.4, 0.5) is 10.1 Å². The number of amides is 1. The summed E-state index contributed by atoms with van der Waals surface area (Å²) < 4.78 is 16.3. The first-order valence-corrected chi connectivity index (χ1v) is 11.4. The van der Waals surface area contributed by atoms with Gasteiger partial charge in [-0.15, -0.1) is 0 Å². The minimum absolute atomic E-state index is 0.0525. The molecule has 1 aliphatic heterocycles. The van der Waals surface area contributed by atoms with Crippen LogP contribution in [0.1, 0.15) is 12.0 Å². The second-order valence-electron chi connectivity index (χ2n) is 8.57. The molecule has 1 aliphatic rings. The van der Waals surface area contributed by atoms with Crippen molar-refractivity contribution in [3.05, 3.63) is 88.7 Å². The fourth-order valence-corrected chi connectivity index (χ4v) is 4.45. The Labute approximate surface area is 196 Å². The Morgan fingerprint density at radius 2 is 1.74 bits per heavy atom. The van der Waals surface area contributed by atoms with E-state index in [9.17, 15) is 14.0 Å². The van der Waals surface area contributed by atoms with Crippen molar-refractivity contribution < 1.29 is 9.18 Å². The van der Waals surface area contributed by atoms with E-state index < -0.39 is 0 Å². The van der Waals surface area contributed by atoms with Crippen LogP contribution in [0.5, 0.6) is 0 Å². The number of benzene rings is 2. The Bertz CT molecular complexity index is 1380. The molecule has 0 radical (unpaired) electrons. The zero-order chi connectivity index (χ0) is 23.7. The molecule has 8 heteroatoms. The molecule has 0 saturated carbocycles. The first kappa shape index (κ1) is 21.9. The SMILES string of the molecule is Cc1ccccc1N1CCN(C(=O)CCn2ccn3nc(-c4ccc(F)cc4)cc3c2=O)CC1. The number of rotatable bonds is 5. The Hall–Kier alpha value is -3.94. The third-order valence-electron chi connectivity index (χ3n) is 6.40. The third-order valence-corrected chi connectivity index (χ3v) is 6.40. The monoisotopic (exact) mass is 459 g/mol. The molecule has 1 fully saturated rings. The highest BCUT2D eigenvalue weighted by Gasteiger charge is 2.22. The van der Waals surface area contributed by atoms with Crippen molar-refractivity contribution in [2.45, 2.75) is 19.9 Å². The van der Waals surface area contributed by atoms with Gasteiger partial charge in [0.15, 0.2) is 0 Å². The van der Waals surface area contributed by atoms with E-state index >= 15 is 0 Å². The average Bonchev–Trinajstić information content (AvgIpc) is 3.30. The number of hydrogen-bond acceptors (Lipinski definition) is 4. The van der Waals surface area contributed by atoms with E-state index in [0.717, 1.165) is 18.7 Å². The van der Waals surface area contributed by atoms with Gasteiger partial charge in [0.25, 0.3) is 5.56 Å². The van der Waals surface area contributed by atoms with Gasteiger partial charge in [0.1, 0.15) is 11.3 Å². The van der Waals surface area contributed by atoms with Crippen molar-refractivity contribution in [1.82, 2.24) is 19.1 Å². The molecule has 0 aliphatic carbocycles. The van der Waals surface area contributed by atoms with Crippen LogP contribution in [0.2, 0.25) is 0 Å². The topological polar surface area (TPSA) is 62.9 Å². The first-order chi connectivity index (χ1) is 16.5. The molecule has 4 aromatic rings. The summed E-state index contributed by atoms with van der Waals surface area (Å²) in [5.41, 5.74) is 3.99. The molecular formula is C26H26FN5O2. The summed E-state index contributed by atoms with van der Waals surface area (Å²) in [6.45, 7) is 5.35. The molecule has 0 N–H and O–H groups in total. The molecule has 0 unspecified atom stereocenters. The number of anilines is 1. The number of carbonyl (C=O) groups excluding carboxylic acids is 1. The van der Waals surface area contributed by atoms with Gasteiger partial charge in [-0.25, -0.2) is 8.91 Å². The maximum Gasteiger partial charge on any atom is 0.276 e. The molecule has 34 heavy (non-hydrogen) atoms. The van der Waals surface area contributed by atoms with Crippen LogP contribution in [0.15, 0.2) is 71.8 Å². The van der Waals surface area contributed by atoms with Gasteiger partial charge in [-0.05, 0) is 48.9 Å². The number of piperazine rings is 1. The number of para-hydroxylation sites is 1. The molecule has 1 amide bonds. The minimum atomic E-state index is -0.323. The Balaban J connectivity index is 1.23. The molecule has 2 aromatic heterocycles. The largest absolute Gasteiger partial charge is 0.368 e. The molecule has 0 spiro atoms. The summed E-state index contributed by atoms with van der Waals surface area (Å²) in [5, 5.41) is 4.42. The van der Waals surface area contributed by atoms with Gasteiger partial charge < -0.3 is 14.4 Å². The van der Waals surface area contributed by atoms with E-state index in [1.54, 1.807) is 35.2 Å². The second kappa shape index (κ2) is 9.13. The summed E-state index contributed by atoms with van der Waals surface area (Å²) in [6.07, 6.45) is 3.62. The molecule has 174 valence electrons. The number of aryl methyl sites for hydroxylation is 2. The molecule has 0 bridgehead atoms. The zero-order valence-electron chi connectivity index (χ0n) is 19.0. The van der Waals surface area contributed by atoms with E-state index in [0.29, 0.717) is 30.8 Å². The lowest BCUT2D eigenvalue weighted by Gasteiger charge is -2.37. The van der Waals surface area contributed by atoms with E-state index in [2.05, 4.69) is 29.1 Å². The summed E-state index contributed by atoms with van der Waals surface area (Å²) in [5.74, 6) is -0.271. The van der Waals surface area contributed by atoms with E-state index in [-0.39, 0.29) is 23.7 Å². The Kier molecular flexibility index (Phi) is 5.88. The Morgan fingerprint density at radius 1 is 1.00 bits per heavy atom. The van der Waals surface area contributed by atoms with Crippen LogP contribution >= 0.6 is 0 Å². The van der Waals surface area contributed by atoms with Gasteiger partial charge in [-0.2, -0.15) is 5.10 Å². The van der Waals surface area contributed by atoms with Crippen molar-refractivity contribution in [3.63, 3.8) is 0 Å². The van der Waals surface area contributed by atoms with Crippen LogP contribution in [0.25, 0.3) is 16.8 Å². The van der Waals surface area contributed by atoms with Crippen molar-refractivity contribution >= 4 is 17.1 Å². The zero-order valence-corrected chi connectivity index (χ0v) is 19.0. The first-order valence-electron chi connectivity index (χ1n) is 11.4. The van der Waals surface area contributed by atoms with E-state index in [1.165, 1.54) is 27.9 Å². The van der Waals surface area contributed by atoms with Crippen LogP contribution in [0.3, 0.4) is 0 Å². The third kappa shape index (κ3) is 4.31. The van der Waals surface area contributed by atoms with Crippen LogP contribution in [-0.2, 0) is 11.3 Å². The van der Waals surface area contributed by atoms with Gasteiger partial charge in [0.05, 0.1) is 5.69 Å². The molecule has 2 aromatic carbocycles. The number of aromatic nitrogens is 3. The normalized spacial score (nSPS) is 14.1. The summed E-state index contributed by atoms with van der Waals surface area (Å²) in [4.78, 5) is 30.0. The maximum absolute atomic E-state index is 13.2. The van der Waals surface area contributed by atoms with Crippen LogP contribution in [0, 0.1) is 12.7 Å². The molecule has 3 heterocycles. The van der Waals surface area contributed by atoms with Gasteiger partial charge in [0, 0.05) is 62.8 Å². The number of carbonyl (C=O) groups is 1. The minimum Gasteiger partial charge on any atom is -0.368 e. The van der Waals surface area contributed by atoms with Crippen LogP contribution < -0.4 is 10.5 Å². The molecule has 5 rings (SSSR count). The molecular weight excluding hydrogens is 433 g/mol. The van der Waals surface area contributed by atoms with E-state index in [1.807, 2.05) is 17.0 Å². The number of nitrogens with zero attached hydrogens (tertiary/aromatic N) is 5. The average molecular weight is 460 g/mol. The lowest BCUT2D eigenvalue weighted by Crippen LogP contribution is -2.49. The molecule has 0 atom stereocenters. The number of fused-ring (bicyclic) bond motifs is 1. The lowest BCUT2D eigenvalue weighted by molar-refractivity contribution is -0.131. The van der Waals surface area contributed by atoms with E-state index in [4.69, 9.17) is 0 Å².